The molecule has 1 unspecified atom stereocenters. The van der Waals surface area contributed by atoms with E-state index in [2.05, 4.69) is 20.7 Å². The third-order valence-electron chi connectivity index (χ3n) is 3.48. The SMILES string of the molecule is CC(Nc1cc(NN)nc(C(F)(F)F)n1)C1CCOCC1. The third-order valence-corrected chi connectivity index (χ3v) is 3.48. The maximum Gasteiger partial charge on any atom is 0.451 e. The zero-order valence-corrected chi connectivity index (χ0v) is 11.6. The van der Waals surface area contributed by atoms with Gasteiger partial charge in [-0.05, 0) is 25.7 Å². The molecule has 0 bridgehead atoms. The Balaban J connectivity index is 2.14. The first-order valence-corrected chi connectivity index (χ1v) is 6.67. The summed E-state index contributed by atoms with van der Waals surface area (Å²) >= 11 is 0. The van der Waals surface area contributed by atoms with Crippen LogP contribution in [0, 0.1) is 5.92 Å². The summed E-state index contributed by atoms with van der Waals surface area (Å²) < 4.78 is 43.5. The second kappa shape index (κ2) is 6.44. The van der Waals surface area contributed by atoms with Gasteiger partial charge in [-0.25, -0.2) is 15.8 Å². The molecule has 2 rings (SSSR count). The number of hydrazine groups is 1. The molecule has 1 aromatic rings. The van der Waals surface area contributed by atoms with Crippen LogP contribution in [-0.2, 0) is 10.9 Å². The van der Waals surface area contributed by atoms with Crippen molar-refractivity contribution in [2.24, 2.45) is 11.8 Å². The van der Waals surface area contributed by atoms with Crippen molar-refractivity contribution >= 4 is 11.6 Å². The Morgan fingerprint density at radius 2 is 1.90 bits per heavy atom. The molecule has 0 amide bonds. The lowest BCUT2D eigenvalue weighted by Gasteiger charge is -2.28. The third kappa shape index (κ3) is 4.18. The average molecular weight is 305 g/mol. The number of hydrogen-bond acceptors (Lipinski definition) is 6. The number of rotatable bonds is 4. The summed E-state index contributed by atoms with van der Waals surface area (Å²) in [6, 6.07) is 1.33. The zero-order valence-electron chi connectivity index (χ0n) is 11.6. The molecule has 21 heavy (non-hydrogen) atoms. The van der Waals surface area contributed by atoms with E-state index in [0.29, 0.717) is 19.1 Å². The van der Waals surface area contributed by atoms with Crippen molar-refractivity contribution in [2.75, 3.05) is 24.0 Å². The Kier molecular flexibility index (Phi) is 4.84. The number of nitrogens with two attached hydrogens (primary N) is 1. The molecule has 4 N–H and O–H groups in total. The van der Waals surface area contributed by atoms with Crippen LogP contribution in [0.1, 0.15) is 25.6 Å². The number of hydrogen-bond donors (Lipinski definition) is 3. The van der Waals surface area contributed by atoms with Gasteiger partial charge in [0, 0.05) is 25.3 Å². The first-order chi connectivity index (χ1) is 9.90. The van der Waals surface area contributed by atoms with E-state index in [0.717, 1.165) is 12.8 Å². The summed E-state index contributed by atoms with van der Waals surface area (Å²) in [5.74, 6) is 4.28. The molecule has 0 spiro atoms. The highest BCUT2D eigenvalue weighted by molar-refractivity contribution is 5.47. The molecule has 1 fully saturated rings. The van der Waals surface area contributed by atoms with Crippen LogP contribution in [0.25, 0.3) is 0 Å². The van der Waals surface area contributed by atoms with Crippen molar-refractivity contribution < 1.29 is 17.9 Å². The van der Waals surface area contributed by atoms with Crippen molar-refractivity contribution in [2.45, 2.75) is 32.0 Å². The molecule has 6 nitrogen and oxygen atoms in total. The van der Waals surface area contributed by atoms with E-state index < -0.39 is 12.0 Å². The van der Waals surface area contributed by atoms with Gasteiger partial charge >= 0.3 is 6.18 Å². The topological polar surface area (TPSA) is 85.1 Å². The predicted molar refractivity (Wildman–Crippen MR) is 71.5 cm³/mol. The van der Waals surface area contributed by atoms with Crippen molar-refractivity contribution in [1.29, 1.82) is 0 Å². The van der Waals surface area contributed by atoms with E-state index in [-0.39, 0.29) is 17.7 Å². The number of halogens is 3. The maximum absolute atomic E-state index is 12.7. The van der Waals surface area contributed by atoms with Gasteiger partial charge in [-0.15, -0.1) is 0 Å². The highest BCUT2D eigenvalue weighted by atomic mass is 19.4. The quantitative estimate of drug-likeness (QED) is 0.583. The molecular formula is C12H18F3N5O. The van der Waals surface area contributed by atoms with Gasteiger partial charge in [0.1, 0.15) is 11.6 Å². The van der Waals surface area contributed by atoms with E-state index >= 15 is 0 Å². The lowest BCUT2D eigenvalue weighted by molar-refractivity contribution is -0.144. The Morgan fingerprint density at radius 1 is 1.29 bits per heavy atom. The fourth-order valence-corrected chi connectivity index (χ4v) is 2.29. The minimum Gasteiger partial charge on any atom is -0.381 e. The fourth-order valence-electron chi connectivity index (χ4n) is 2.29. The van der Waals surface area contributed by atoms with Crippen molar-refractivity contribution in [3.63, 3.8) is 0 Å². The van der Waals surface area contributed by atoms with Crippen molar-refractivity contribution in [3.8, 4) is 0 Å². The molecule has 2 heterocycles. The van der Waals surface area contributed by atoms with Gasteiger partial charge in [-0.3, -0.25) is 0 Å². The molecule has 1 aliphatic heterocycles. The van der Waals surface area contributed by atoms with Gasteiger partial charge in [0.2, 0.25) is 5.82 Å². The van der Waals surface area contributed by atoms with Gasteiger partial charge in [0.05, 0.1) is 0 Å². The molecule has 0 aliphatic carbocycles. The highest BCUT2D eigenvalue weighted by Crippen LogP contribution is 2.29. The summed E-state index contributed by atoms with van der Waals surface area (Å²) in [4.78, 5) is 6.82. The Labute approximate surface area is 120 Å². The highest BCUT2D eigenvalue weighted by Gasteiger charge is 2.35. The lowest BCUT2D eigenvalue weighted by atomic mass is 9.93. The molecule has 1 saturated heterocycles. The lowest BCUT2D eigenvalue weighted by Crippen LogP contribution is -2.31. The van der Waals surface area contributed by atoms with Crippen LogP contribution in [-0.4, -0.2) is 29.2 Å². The molecule has 1 aromatic heterocycles. The zero-order chi connectivity index (χ0) is 15.5. The van der Waals surface area contributed by atoms with Gasteiger partial charge in [-0.1, -0.05) is 0 Å². The first kappa shape index (κ1) is 15.8. The molecule has 0 radical (unpaired) electrons. The van der Waals surface area contributed by atoms with E-state index in [9.17, 15) is 13.2 Å². The second-order valence-corrected chi connectivity index (χ2v) is 4.99. The summed E-state index contributed by atoms with van der Waals surface area (Å²) in [6.07, 6.45) is -2.88. The molecule has 0 saturated carbocycles. The number of ether oxygens (including phenoxy) is 1. The molecule has 9 heteroatoms. The monoisotopic (exact) mass is 305 g/mol. The summed E-state index contributed by atoms with van der Waals surface area (Å²) in [6.45, 7) is 3.26. The van der Waals surface area contributed by atoms with Crippen LogP contribution in [0.2, 0.25) is 0 Å². The maximum atomic E-state index is 12.7. The average Bonchev–Trinajstić information content (AvgIpc) is 2.46. The van der Waals surface area contributed by atoms with E-state index in [1.807, 2.05) is 6.92 Å². The Bertz CT molecular complexity index is 476. The number of nitrogens with one attached hydrogen (secondary N) is 2. The van der Waals surface area contributed by atoms with Crippen LogP contribution in [0.3, 0.4) is 0 Å². The number of nitrogen functional groups attached to an aromatic ring is 1. The predicted octanol–water partition coefficient (Wildman–Crippen LogP) is 2.01. The van der Waals surface area contributed by atoms with E-state index in [1.165, 1.54) is 6.07 Å². The summed E-state index contributed by atoms with van der Waals surface area (Å²) in [5, 5.41) is 3.00. The molecular weight excluding hydrogens is 287 g/mol. The molecule has 118 valence electrons. The smallest absolute Gasteiger partial charge is 0.381 e. The fraction of sp³-hybridized carbons (Fsp3) is 0.667. The van der Waals surface area contributed by atoms with Gasteiger partial charge in [-0.2, -0.15) is 13.2 Å². The minimum absolute atomic E-state index is 0.0180. The van der Waals surface area contributed by atoms with Crippen LogP contribution in [0.5, 0.6) is 0 Å². The second-order valence-electron chi connectivity index (χ2n) is 4.99. The van der Waals surface area contributed by atoms with Crippen molar-refractivity contribution in [1.82, 2.24) is 9.97 Å². The van der Waals surface area contributed by atoms with E-state index in [4.69, 9.17) is 10.6 Å². The van der Waals surface area contributed by atoms with Crippen LogP contribution < -0.4 is 16.6 Å². The van der Waals surface area contributed by atoms with Gasteiger partial charge in [0.25, 0.3) is 0 Å². The van der Waals surface area contributed by atoms with Gasteiger partial charge in [0.15, 0.2) is 0 Å². The molecule has 1 atom stereocenters. The summed E-state index contributed by atoms with van der Waals surface area (Å²) in [5.41, 5.74) is 2.12. The number of nitrogens with zero attached hydrogens (tertiary/aromatic N) is 2. The first-order valence-electron chi connectivity index (χ1n) is 6.67. The van der Waals surface area contributed by atoms with Crippen LogP contribution in [0.15, 0.2) is 6.07 Å². The van der Waals surface area contributed by atoms with Crippen molar-refractivity contribution in [3.05, 3.63) is 11.9 Å². The Hall–Kier alpha value is -1.61. The van der Waals surface area contributed by atoms with Crippen LogP contribution in [0.4, 0.5) is 24.8 Å². The standard InChI is InChI=1S/C12H18F3N5O/c1-7(8-2-4-21-5-3-8)17-9-6-10(20-16)19-11(18-9)12(13,14)15/h6-8H,2-5,16H2,1H3,(H2,17,18,19,20). The summed E-state index contributed by atoms with van der Waals surface area (Å²) in [7, 11) is 0. The van der Waals surface area contributed by atoms with E-state index in [1.54, 1.807) is 0 Å². The number of anilines is 2. The minimum atomic E-state index is -4.62. The normalized spacial score (nSPS) is 18.3. The van der Waals surface area contributed by atoms with Gasteiger partial charge < -0.3 is 15.5 Å². The van der Waals surface area contributed by atoms with Crippen LogP contribution >= 0.6 is 0 Å². The Morgan fingerprint density at radius 3 is 2.48 bits per heavy atom. The molecule has 0 aromatic carbocycles. The largest absolute Gasteiger partial charge is 0.451 e. The number of aromatic nitrogens is 2. The number of alkyl halides is 3. The molecule has 1 aliphatic rings.